The van der Waals surface area contributed by atoms with Crippen LogP contribution in [0.1, 0.15) is 35.3 Å². The fourth-order valence-electron chi connectivity index (χ4n) is 2.93. The second kappa shape index (κ2) is 8.30. The van der Waals surface area contributed by atoms with Gasteiger partial charge in [-0.15, -0.1) is 0 Å². The molecule has 0 atom stereocenters. The number of carbonyl (C=O) groups is 1. The van der Waals surface area contributed by atoms with E-state index >= 15 is 4.39 Å². The molecule has 1 heterocycles. The van der Waals surface area contributed by atoms with Gasteiger partial charge in [-0.25, -0.2) is 13.8 Å². The molecule has 0 radical (unpaired) electrons. The van der Waals surface area contributed by atoms with E-state index in [1.54, 1.807) is 43.7 Å². The molecule has 0 saturated heterocycles. The van der Waals surface area contributed by atoms with Crippen molar-refractivity contribution in [1.29, 1.82) is 0 Å². The van der Waals surface area contributed by atoms with Gasteiger partial charge in [-0.2, -0.15) is 0 Å². The number of hydrogen-bond donors (Lipinski definition) is 1. The lowest BCUT2D eigenvalue weighted by Gasteiger charge is -2.22. The molecule has 0 spiro atoms. The van der Waals surface area contributed by atoms with E-state index in [1.165, 1.54) is 12.4 Å². The Labute approximate surface area is 175 Å². The summed E-state index contributed by atoms with van der Waals surface area (Å²) in [4.78, 5) is 16.9. The van der Waals surface area contributed by atoms with Gasteiger partial charge in [0, 0.05) is 29.1 Å². The quantitative estimate of drug-likeness (QED) is 0.530. The Balaban J connectivity index is 2.07. The third-order valence-electron chi connectivity index (χ3n) is 4.72. The number of halogens is 3. The van der Waals surface area contributed by atoms with Gasteiger partial charge in [-0.3, -0.25) is 4.79 Å². The highest BCUT2D eigenvalue weighted by molar-refractivity contribution is 9.10. The first-order valence-electron chi connectivity index (χ1n) is 8.97. The van der Waals surface area contributed by atoms with Gasteiger partial charge in [0.15, 0.2) is 11.6 Å². The maximum absolute atomic E-state index is 15.3. The molecule has 0 aliphatic heterocycles. The van der Waals surface area contributed by atoms with Crippen molar-refractivity contribution >= 4 is 32.7 Å². The Hall–Kier alpha value is -2.16. The number of benzene rings is 2. The van der Waals surface area contributed by atoms with Crippen molar-refractivity contribution in [1.82, 2.24) is 9.55 Å². The molecule has 0 bridgehead atoms. The summed E-state index contributed by atoms with van der Waals surface area (Å²) in [6, 6.07) is 6.04. The van der Waals surface area contributed by atoms with E-state index in [9.17, 15) is 14.3 Å². The van der Waals surface area contributed by atoms with Gasteiger partial charge in [0.25, 0.3) is 0 Å². The Morgan fingerprint density at radius 3 is 2.69 bits per heavy atom. The molecule has 8 heteroatoms. The van der Waals surface area contributed by atoms with Gasteiger partial charge in [0.05, 0.1) is 24.1 Å². The molecule has 3 aromatic rings. The minimum absolute atomic E-state index is 0.0628. The molecule has 29 heavy (non-hydrogen) atoms. The molecule has 3 rings (SSSR count). The van der Waals surface area contributed by atoms with Crippen LogP contribution in [0.15, 0.2) is 35.1 Å². The van der Waals surface area contributed by atoms with E-state index < -0.39 is 23.0 Å². The zero-order chi connectivity index (χ0) is 21.3. The monoisotopic (exact) mass is 466 g/mol. The van der Waals surface area contributed by atoms with Crippen molar-refractivity contribution in [2.75, 3.05) is 13.2 Å². The standard InChI is InChI=1S/C21H21BrF2N2O3/c1-21(2,10-27)29-9-18(28)14-8-17-20(25-11-26(17)3)19(24)15(14)6-12-4-5-13(22)7-16(12)23/h4-5,7-8,11,27H,6,9-10H2,1-3H3. The van der Waals surface area contributed by atoms with Crippen LogP contribution in [0.25, 0.3) is 11.0 Å². The lowest BCUT2D eigenvalue weighted by Crippen LogP contribution is -2.31. The van der Waals surface area contributed by atoms with Crippen molar-refractivity contribution in [3.8, 4) is 0 Å². The van der Waals surface area contributed by atoms with Crippen molar-refractivity contribution in [2.24, 2.45) is 7.05 Å². The van der Waals surface area contributed by atoms with Crippen molar-refractivity contribution < 1.29 is 23.4 Å². The number of fused-ring (bicyclic) bond motifs is 1. The second-order valence-corrected chi connectivity index (χ2v) is 8.40. The highest BCUT2D eigenvalue weighted by Crippen LogP contribution is 2.28. The maximum Gasteiger partial charge on any atom is 0.188 e. The highest BCUT2D eigenvalue weighted by Gasteiger charge is 2.24. The summed E-state index contributed by atoms with van der Waals surface area (Å²) in [7, 11) is 1.70. The molecule has 0 saturated carbocycles. The number of ketones is 1. The fourth-order valence-corrected chi connectivity index (χ4v) is 3.26. The third-order valence-corrected chi connectivity index (χ3v) is 5.21. The lowest BCUT2D eigenvalue weighted by atomic mass is 9.95. The molecule has 0 aliphatic rings. The average molecular weight is 467 g/mol. The van der Waals surface area contributed by atoms with E-state index in [0.717, 1.165) is 0 Å². The van der Waals surface area contributed by atoms with Crippen molar-refractivity contribution in [3.05, 3.63) is 63.4 Å². The number of carbonyl (C=O) groups excluding carboxylic acids is 1. The molecule has 0 aliphatic carbocycles. The second-order valence-electron chi connectivity index (χ2n) is 7.48. The number of hydrogen-bond acceptors (Lipinski definition) is 4. The average Bonchev–Trinajstić information content (AvgIpc) is 3.05. The molecule has 0 amide bonds. The van der Waals surface area contributed by atoms with Gasteiger partial charge in [0.1, 0.15) is 17.9 Å². The number of aryl methyl sites for hydroxylation is 1. The molecular weight excluding hydrogens is 446 g/mol. The SMILES string of the molecule is Cn1cnc2c(F)c(Cc3ccc(Br)cc3F)c(C(=O)COC(C)(C)CO)cc21. The van der Waals surface area contributed by atoms with Gasteiger partial charge >= 0.3 is 0 Å². The molecule has 2 aromatic carbocycles. The van der Waals surface area contributed by atoms with Crippen LogP contribution in [0.4, 0.5) is 8.78 Å². The number of ether oxygens (including phenoxy) is 1. The minimum Gasteiger partial charge on any atom is -0.393 e. The summed E-state index contributed by atoms with van der Waals surface area (Å²) >= 11 is 3.20. The fraction of sp³-hybridized carbons (Fsp3) is 0.333. The predicted octanol–water partition coefficient (Wildman–Crippen LogP) is 4.18. The number of aromatic nitrogens is 2. The van der Waals surface area contributed by atoms with E-state index in [4.69, 9.17) is 4.74 Å². The van der Waals surface area contributed by atoms with Crippen LogP contribution in [-0.4, -0.2) is 39.3 Å². The van der Waals surface area contributed by atoms with Gasteiger partial charge < -0.3 is 14.4 Å². The highest BCUT2D eigenvalue weighted by atomic mass is 79.9. The summed E-state index contributed by atoms with van der Waals surface area (Å²) in [6.07, 6.45) is 1.35. The largest absolute Gasteiger partial charge is 0.393 e. The molecule has 5 nitrogen and oxygen atoms in total. The number of imidazole rings is 1. The summed E-state index contributed by atoms with van der Waals surface area (Å²) in [5.41, 5.74) is 0.0824. The molecule has 0 fully saturated rings. The predicted molar refractivity (Wildman–Crippen MR) is 109 cm³/mol. The third kappa shape index (κ3) is 4.55. The van der Waals surface area contributed by atoms with Gasteiger partial charge in [-0.1, -0.05) is 22.0 Å². The van der Waals surface area contributed by atoms with Crippen LogP contribution in [0.3, 0.4) is 0 Å². The van der Waals surface area contributed by atoms with Crippen LogP contribution < -0.4 is 0 Å². The summed E-state index contributed by atoms with van der Waals surface area (Å²) < 4.78 is 37.3. The zero-order valence-electron chi connectivity index (χ0n) is 16.3. The van der Waals surface area contributed by atoms with Crippen LogP contribution in [0.2, 0.25) is 0 Å². The minimum atomic E-state index is -0.914. The first-order valence-corrected chi connectivity index (χ1v) is 9.76. The molecule has 0 unspecified atom stereocenters. The number of Topliss-reactive ketones (excluding diaryl/α,β-unsaturated/α-hetero) is 1. The number of nitrogens with zero attached hydrogens (tertiary/aromatic N) is 2. The number of aliphatic hydroxyl groups excluding tert-OH is 1. The Morgan fingerprint density at radius 1 is 1.31 bits per heavy atom. The van der Waals surface area contributed by atoms with Crippen LogP contribution in [0, 0.1) is 11.6 Å². The zero-order valence-corrected chi connectivity index (χ0v) is 17.9. The van der Waals surface area contributed by atoms with Crippen molar-refractivity contribution in [3.63, 3.8) is 0 Å². The summed E-state index contributed by atoms with van der Waals surface area (Å²) in [6.45, 7) is 2.67. The van der Waals surface area contributed by atoms with E-state index in [1.807, 2.05) is 0 Å². The smallest absolute Gasteiger partial charge is 0.188 e. The topological polar surface area (TPSA) is 64.4 Å². The van der Waals surface area contributed by atoms with E-state index in [-0.39, 0.29) is 41.8 Å². The van der Waals surface area contributed by atoms with Crippen LogP contribution >= 0.6 is 15.9 Å². The first-order chi connectivity index (χ1) is 13.6. The van der Waals surface area contributed by atoms with E-state index in [2.05, 4.69) is 20.9 Å². The Kier molecular flexibility index (Phi) is 6.16. The van der Waals surface area contributed by atoms with Crippen LogP contribution in [-0.2, 0) is 18.2 Å². The normalized spacial score (nSPS) is 12.0. The Bertz CT molecular complexity index is 1080. The molecule has 1 aromatic heterocycles. The molecule has 1 N–H and O–H groups in total. The summed E-state index contributed by atoms with van der Waals surface area (Å²) in [5, 5.41) is 9.32. The summed E-state index contributed by atoms with van der Waals surface area (Å²) in [5.74, 6) is -1.62. The van der Waals surface area contributed by atoms with Crippen molar-refractivity contribution in [2.45, 2.75) is 25.9 Å². The first kappa shape index (κ1) is 21.5. The number of aliphatic hydroxyl groups is 1. The van der Waals surface area contributed by atoms with E-state index in [0.29, 0.717) is 9.99 Å². The van der Waals surface area contributed by atoms with Gasteiger partial charge in [0.2, 0.25) is 0 Å². The maximum atomic E-state index is 15.3. The lowest BCUT2D eigenvalue weighted by molar-refractivity contribution is -0.0447. The van der Waals surface area contributed by atoms with Crippen LogP contribution in [0.5, 0.6) is 0 Å². The molecular formula is C21H21BrF2N2O3. The van der Waals surface area contributed by atoms with Gasteiger partial charge in [-0.05, 0) is 37.6 Å². The Morgan fingerprint density at radius 2 is 2.03 bits per heavy atom. The number of rotatable bonds is 7. The molecule has 154 valence electrons.